The van der Waals surface area contributed by atoms with Crippen LogP contribution in [0.1, 0.15) is 16.8 Å². The molecule has 0 unspecified atom stereocenters. The summed E-state index contributed by atoms with van der Waals surface area (Å²) in [7, 11) is -3.89. The summed E-state index contributed by atoms with van der Waals surface area (Å²) in [6.07, 6.45) is 0.710. The van der Waals surface area contributed by atoms with Crippen molar-refractivity contribution < 1.29 is 27.1 Å². The number of carbonyl (C=O) groups is 1. The number of hydrogen-bond acceptors (Lipinski definition) is 5. The number of nitrogens with one attached hydrogen (secondary N) is 2. The second-order valence-electron chi connectivity index (χ2n) is 6.92. The second kappa shape index (κ2) is 9.05. The number of sulfonamides is 1. The van der Waals surface area contributed by atoms with Gasteiger partial charge in [0, 0.05) is 28.9 Å². The van der Waals surface area contributed by atoms with E-state index in [0.717, 1.165) is 6.07 Å². The van der Waals surface area contributed by atoms with E-state index in [9.17, 15) is 17.6 Å². The Morgan fingerprint density at radius 3 is 2.34 bits per heavy atom. The van der Waals surface area contributed by atoms with Crippen molar-refractivity contribution in [3.8, 4) is 11.5 Å². The van der Waals surface area contributed by atoms with E-state index in [1.165, 1.54) is 48.5 Å². The molecule has 0 bridgehead atoms. The van der Waals surface area contributed by atoms with Crippen molar-refractivity contribution in [2.45, 2.75) is 11.3 Å². The van der Waals surface area contributed by atoms with Gasteiger partial charge in [-0.3, -0.25) is 9.52 Å². The number of benzene rings is 3. The standard InChI is InChI=1S/C22H18ClFN2O5S/c23-14-2-8-19(24)18(12-14)22(27)25-15-3-5-16(6-4-15)26-32(28,29)17-7-9-20-21(13-17)31-11-1-10-30-20/h2-9,12-13,26H,1,10-11H2,(H,25,27). The Bertz CT molecular complexity index is 1270. The molecule has 1 amide bonds. The monoisotopic (exact) mass is 476 g/mol. The van der Waals surface area contributed by atoms with Gasteiger partial charge in [-0.05, 0) is 54.6 Å². The molecule has 10 heteroatoms. The van der Waals surface area contributed by atoms with Gasteiger partial charge >= 0.3 is 0 Å². The van der Waals surface area contributed by atoms with Crippen molar-refractivity contribution in [1.29, 1.82) is 0 Å². The number of carbonyl (C=O) groups excluding carboxylic acids is 1. The molecule has 0 aliphatic carbocycles. The minimum atomic E-state index is -3.89. The molecule has 0 aromatic heterocycles. The molecule has 32 heavy (non-hydrogen) atoms. The van der Waals surface area contributed by atoms with Crippen LogP contribution in [0.2, 0.25) is 5.02 Å². The van der Waals surface area contributed by atoms with E-state index >= 15 is 0 Å². The predicted molar refractivity (Wildman–Crippen MR) is 119 cm³/mol. The Morgan fingerprint density at radius 2 is 1.59 bits per heavy atom. The number of amides is 1. The van der Waals surface area contributed by atoms with E-state index in [2.05, 4.69) is 10.0 Å². The van der Waals surface area contributed by atoms with Gasteiger partial charge in [-0.25, -0.2) is 12.8 Å². The van der Waals surface area contributed by atoms with Gasteiger partial charge in [-0.1, -0.05) is 11.6 Å². The topological polar surface area (TPSA) is 93.7 Å². The Balaban J connectivity index is 1.47. The molecule has 1 aliphatic heterocycles. The maximum Gasteiger partial charge on any atom is 0.262 e. The van der Waals surface area contributed by atoms with Crippen molar-refractivity contribution in [3.63, 3.8) is 0 Å². The Hall–Kier alpha value is -3.30. The summed E-state index contributed by atoms with van der Waals surface area (Å²) in [5.74, 6) is -0.508. The predicted octanol–water partition coefficient (Wildman–Crippen LogP) is 4.69. The second-order valence-corrected chi connectivity index (χ2v) is 9.04. The van der Waals surface area contributed by atoms with E-state index in [-0.39, 0.29) is 21.2 Å². The molecule has 1 heterocycles. The third-order valence-corrected chi connectivity index (χ3v) is 6.21. The molecule has 7 nitrogen and oxygen atoms in total. The van der Waals surface area contributed by atoms with Gasteiger partial charge in [0.25, 0.3) is 15.9 Å². The number of anilines is 2. The van der Waals surface area contributed by atoms with Crippen LogP contribution in [0.5, 0.6) is 11.5 Å². The summed E-state index contributed by atoms with van der Waals surface area (Å²) in [5, 5.41) is 2.78. The van der Waals surface area contributed by atoms with Crippen LogP contribution in [0.3, 0.4) is 0 Å². The maximum atomic E-state index is 13.8. The van der Waals surface area contributed by atoms with E-state index in [1.807, 2.05) is 0 Å². The first-order chi connectivity index (χ1) is 15.3. The van der Waals surface area contributed by atoms with Crippen LogP contribution in [0.4, 0.5) is 15.8 Å². The van der Waals surface area contributed by atoms with Gasteiger partial charge in [0.15, 0.2) is 11.5 Å². The summed E-state index contributed by atoms with van der Waals surface area (Å²) in [6.45, 7) is 0.945. The van der Waals surface area contributed by atoms with Gasteiger partial charge in [0.05, 0.1) is 23.7 Å². The number of hydrogen-bond donors (Lipinski definition) is 2. The lowest BCUT2D eigenvalue weighted by molar-refractivity contribution is 0.102. The van der Waals surface area contributed by atoms with Crippen LogP contribution < -0.4 is 19.5 Å². The lowest BCUT2D eigenvalue weighted by Gasteiger charge is -2.12. The molecule has 4 rings (SSSR count). The molecule has 0 saturated heterocycles. The lowest BCUT2D eigenvalue weighted by Crippen LogP contribution is -2.15. The van der Waals surface area contributed by atoms with E-state index in [1.54, 1.807) is 6.07 Å². The Kier molecular flexibility index (Phi) is 6.20. The zero-order chi connectivity index (χ0) is 22.7. The summed E-state index contributed by atoms with van der Waals surface area (Å²) in [6, 6.07) is 14.0. The molecule has 2 N–H and O–H groups in total. The van der Waals surface area contributed by atoms with Crippen molar-refractivity contribution in [3.05, 3.63) is 77.1 Å². The first-order valence-corrected chi connectivity index (χ1v) is 11.5. The molecule has 166 valence electrons. The fourth-order valence-electron chi connectivity index (χ4n) is 3.02. The van der Waals surface area contributed by atoms with Gasteiger partial charge in [-0.15, -0.1) is 0 Å². The van der Waals surface area contributed by atoms with Crippen molar-refractivity contribution in [2.75, 3.05) is 23.3 Å². The van der Waals surface area contributed by atoms with Crippen molar-refractivity contribution >= 4 is 38.9 Å². The zero-order valence-corrected chi connectivity index (χ0v) is 18.2. The number of rotatable bonds is 5. The van der Waals surface area contributed by atoms with E-state index < -0.39 is 21.7 Å². The first-order valence-electron chi connectivity index (χ1n) is 9.61. The lowest BCUT2D eigenvalue weighted by atomic mass is 10.2. The third kappa shape index (κ3) is 4.95. The minimum absolute atomic E-state index is 0.0237. The summed E-state index contributed by atoms with van der Waals surface area (Å²) in [5.41, 5.74) is 0.439. The molecule has 3 aromatic rings. The quantitative estimate of drug-likeness (QED) is 0.557. The van der Waals surface area contributed by atoms with Crippen LogP contribution in [-0.2, 0) is 10.0 Å². The summed E-state index contributed by atoms with van der Waals surface area (Å²) >= 11 is 5.82. The highest BCUT2D eigenvalue weighted by molar-refractivity contribution is 7.92. The highest BCUT2D eigenvalue weighted by atomic mass is 35.5. The zero-order valence-electron chi connectivity index (χ0n) is 16.6. The van der Waals surface area contributed by atoms with Gasteiger partial charge in [0.2, 0.25) is 0 Å². The van der Waals surface area contributed by atoms with Crippen LogP contribution in [0.15, 0.2) is 65.6 Å². The van der Waals surface area contributed by atoms with Gasteiger partial charge in [-0.2, -0.15) is 0 Å². The average molecular weight is 477 g/mol. The fraction of sp³-hybridized carbons (Fsp3) is 0.136. The first kappa shape index (κ1) is 21.9. The van der Waals surface area contributed by atoms with Crippen LogP contribution >= 0.6 is 11.6 Å². The summed E-state index contributed by atoms with van der Waals surface area (Å²) in [4.78, 5) is 12.3. The van der Waals surface area contributed by atoms with Crippen LogP contribution in [-0.4, -0.2) is 27.5 Å². The molecule has 0 radical (unpaired) electrons. The minimum Gasteiger partial charge on any atom is -0.490 e. The Labute approximate surface area is 189 Å². The highest BCUT2D eigenvalue weighted by Gasteiger charge is 2.19. The number of halogens is 2. The number of fused-ring (bicyclic) bond motifs is 1. The molecule has 0 atom stereocenters. The third-order valence-electron chi connectivity index (χ3n) is 4.60. The Morgan fingerprint density at radius 1 is 0.906 bits per heavy atom. The largest absolute Gasteiger partial charge is 0.490 e. The van der Waals surface area contributed by atoms with Crippen molar-refractivity contribution in [1.82, 2.24) is 0 Å². The molecular formula is C22H18ClFN2O5S. The molecular weight excluding hydrogens is 459 g/mol. The van der Waals surface area contributed by atoms with Gasteiger partial charge < -0.3 is 14.8 Å². The molecule has 0 fully saturated rings. The number of ether oxygens (including phenoxy) is 2. The normalized spacial score (nSPS) is 13.2. The SMILES string of the molecule is O=C(Nc1ccc(NS(=O)(=O)c2ccc3c(c2)OCCCO3)cc1)c1cc(Cl)ccc1F. The molecule has 0 spiro atoms. The average Bonchev–Trinajstić information content (AvgIpc) is 3.01. The van der Waals surface area contributed by atoms with Crippen molar-refractivity contribution in [2.24, 2.45) is 0 Å². The van der Waals surface area contributed by atoms with E-state index in [4.69, 9.17) is 21.1 Å². The smallest absolute Gasteiger partial charge is 0.262 e. The van der Waals surface area contributed by atoms with E-state index in [0.29, 0.717) is 36.8 Å². The summed E-state index contributed by atoms with van der Waals surface area (Å²) < 4.78 is 52.9. The molecule has 3 aromatic carbocycles. The fourth-order valence-corrected chi connectivity index (χ4v) is 4.26. The van der Waals surface area contributed by atoms with Gasteiger partial charge in [0.1, 0.15) is 5.82 Å². The highest BCUT2D eigenvalue weighted by Crippen LogP contribution is 2.32. The van der Waals surface area contributed by atoms with Crippen LogP contribution in [0, 0.1) is 5.82 Å². The maximum absolute atomic E-state index is 13.8. The van der Waals surface area contributed by atoms with Crippen LogP contribution in [0.25, 0.3) is 0 Å². The molecule has 0 saturated carbocycles. The molecule has 1 aliphatic rings.